The monoisotopic (exact) mass is 630 g/mol. The SMILES string of the molecule is CCCCCCCCCCCCCCCCCCNC(=O)CCC[C@H]1CCC2C3CCC4C[C@H](O)CC[C@]4(C)C3C[C@H](O)[C@@]21C. The Bertz CT molecular complexity index is 847. The number of fused-ring (bicyclic) bond motifs is 5. The average molecular weight is 630 g/mol. The molecule has 0 saturated heterocycles. The number of carbonyl (C=O) groups excluding carboxylic acids is 1. The highest BCUT2D eigenvalue weighted by molar-refractivity contribution is 5.75. The van der Waals surface area contributed by atoms with Gasteiger partial charge in [0.05, 0.1) is 12.2 Å². The molecule has 0 radical (unpaired) electrons. The van der Waals surface area contributed by atoms with E-state index in [1.807, 2.05) is 0 Å². The van der Waals surface area contributed by atoms with Gasteiger partial charge in [0.15, 0.2) is 0 Å². The fraction of sp³-hybridized carbons (Fsp3) is 0.976. The van der Waals surface area contributed by atoms with E-state index in [-0.39, 0.29) is 23.5 Å². The first-order valence-corrected chi connectivity index (χ1v) is 20.4. The number of unbranched alkanes of at least 4 members (excludes halogenated alkanes) is 15. The van der Waals surface area contributed by atoms with E-state index >= 15 is 0 Å². The zero-order valence-electron chi connectivity index (χ0n) is 30.1. The first-order chi connectivity index (χ1) is 21.8. The van der Waals surface area contributed by atoms with Gasteiger partial charge in [-0.25, -0.2) is 0 Å². The molecule has 45 heavy (non-hydrogen) atoms. The molecule has 0 bridgehead atoms. The molecular formula is C41H75NO3. The molecule has 0 aliphatic heterocycles. The maximum Gasteiger partial charge on any atom is 0.219 e. The fourth-order valence-electron chi connectivity index (χ4n) is 11.3. The highest BCUT2D eigenvalue weighted by Crippen LogP contribution is 2.67. The van der Waals surface area contributed by atoms with Gasteiger partial charge in [0.25, 0.3) is 0 Å². The number of nitrogens with one attached hydrogen (secondary N) is 1. The van der Waals surface area contributed by atoms with Crippen molar-refractivity contribution < 1.29 is 15.0 Å². The Kier molecular flexibility index (Phi) is 15.6. The second-order valence-corrected chi connectivity index (χ2v) is 17.0. The van der Waals surface area contributed by atoms with Crippen molar-refractivity contribution in [1.29, 1.82) is 0 Å². The normalized spacial score (nSPS) is 35.9. The number of rotatable bonds is 21. The van der Waals surface area contributed by atoms with Gasteiger partial charge in [-0.15, -0.1) is 0 Å². The molecule has 4 aliphatic rings. The zero-order chi connectivity index (χ0) is 32.1. The molecule has 4 fully saturated rings. The smallest absolute Gasteiger partial charge is 0.219 e. The van der Waals surface area contributed by atoms with E-state index in [9.17, 15) is 15.0 Å². The summed E-state index contributed by atoms with van der Waals surface area (Å²) < 4.78 is 0. The van der Waals surface area contributed by atoms with E-state index in [1.165, 1.54) is 122 Å². The van der Waals surface area contributed by atoms with Crippen LogP contribution in [0.2, 0.25) is 0 Å². The molecule has 4 rings (SSSR count). The quantitative estimate of drug-likeness (QED) is 0.111. The molecule has 4 unspecified atom stereocenters. The molecule has 262 valence electrons. The summed E-state index contributed by atoms with van der Waals surface area (Å²) in [6, 6.07) is 0. The molecule has 4 nitrogen and oxygen atoms in total. The summed E-state index contributed by atoms with van der Waals surface area (Å²) >= 11 is 0. The molecule has 1 amide bonds. The summed E-state index contributed by atoms with van der Waals surface area (Å²) in [7, 11) is 0. The van der Waals surface area contributed by atoms with Crippen LogP contribution in [0, 0.1) is 40.4 Å². The van der Waals surface area contributed by atoms with Gasteiger partial charge in [-0.05, 0) is 111 Å². The number of hydrogen-bond donors (Lipinski definition) is 3. The fourth-order valence-corrected chi connectivity index (χ4v) is 11.3. The van der Waals surface area contributed by atoms with E-state index in [0.717, 1.165) is 57.4 Å². The number of amides is 1. The summed E-state index contributed by atoms with van der Waals surface area (Å²) in [4.78, 5) is 12.6. The molecule has 0 spiro atoms. The molecule has 0 aromatic heterocycles. The van der Waals surface area contributed by atoms with Gasteiger partial charge in [-0.3, -0.25) is 4.79 Å². The van der Waals surface area contributed by atoms with Crippen molar-refractivity contribution in [2.24, 2.45) is 40.4 Å². The zero-order valence-corrected chi connectivity index (χ0v) is 30.1. The van der Waals surface area contributed by atoms with Crippen LogP contribution < -0.4 is 5.32 Å². The standard InChI is InChI=1S/C41H75NO3/c1-4-5-6-7-8-9-10-11-12-13-14-15-16-17-18-19-29-42-39(45)22-20-21-32-24-26-36-35-25-23-33-30-34(43)27-28-40(33,2)37(35)31-38(44)41(32,36)3/h32-38,43-44H,4-31H2,1-3H3,(H,42,45)/t32-,33?,34+,35?,36?,37?,38-,40-,41+/m0/s1. The van der Waals surface area contributed by atoms with E-state index < -0.39 is 0 Å². The lowest BCUT2D eigenvalue weighted by Gasteiger charge is -2.62. The largest absolute Gasteiger partial charge is 0.393 e. The molecule has 0 heterocycles. The van der Waals surface area contributed by atoms with Crippen LogP contribution in [0.4, 0.5) is 0 Å². The Morgan fingerprint density at radius 3 is 1.91 bits per heavy atom. The van der Waals surface area contributed by atoms with Crippen molar-refractivity contribution in [2.75, 3.05) is 6.54 Å². The lowest BCUT2D eigenvalue weighted by molar-refractivity contribution is -0.171. The third-order valence-corrected chi connectivity index (χ3v) is 14.2. The Hall–Kier alpha value is -0.610. The van der Waals surface area contributed by atoms with E-state index in [2.05, 4.69) is 26.1 Å². The van der Waals surface area contributed by atoms with E-state index in [4.69, 9.17) is 0 Å². The van der Waals surface area contributed by atoms with E-state index in [1.54, 1.807) is 0 Å². The van der Waals surface area contributed by atoms with Crippen molar-refractivity contribution in [3.8, 4) is 0 Å². The summed E-state index contributed by atoms with van der Waals surface area (Å²) in [5.41, 5.74) is 0.315. The number of carbonyl (C=O) groups is 1. The molecule has 0 aromatic rings. The minimum atomic E-state index is -0.220. The third-order valence-electron chi connectivity index (χ3n) is 14.2. The van der Waals surface area contributed by atoms with Crippen LogP contribution in [0.25, 0.3) is 0 Å². The van der Waals surface area contributed by atoms with Gasteiger partial charge in [-0.2, -0.15) is 0 Å². The van der Waals surface area contributed by atoms with Gasteiger partial charge in [-0.1, -0.05) is 117 Å². The second kappa shape index (κ2) is 18.8. The lowest BCUT2D eigenvalue weighted by Crippen LogP contribution is -2.58. The van der Waals surface area contributed by atoms with Crippen molar-refractivity contribution in [1.82, 2.24) is 5.32 Å². The van der Waals surface area contributed by atoms with Crippen molar-refractivity contribution in [3.63, 3.8) is 0 Å². The Morgan fingerprint density at radius 2 is 1.29 bits per heavy atom. The van der Waals surface area contributed by atoms with Crippen LogP contribution in [-0.4, -0.2) is 34.9 Å². The van der Waals surface area contributed by atoms with Crippen LogP contribution in [0.5, 0.6) is 0 Å². The Labute approximate surface area is 279 Å². The topological polar surface area (TPSA) is 69.6 Å². The van der Waals surface area contributed by atoms with Crippen molar-refractivity contribution in [3.05, 3.63) is 0 Å². The molecule has 9 atom stereocenters. The first kappa shape index (κ1) is 37.2. The van der Waals surface area contributed by atoms with E-state index in [0.29, 0.717) is 35.5 Å². The highest BCUT2D eigenvalue weighted by atomic mass is 16.3. The minimum absolute atomic E-state index is 0.0164. The average Bonchev–Trinajstić information content (AvgIpc) is 3.37. The van der Waals surface area contributed by atoms with Crippen LogP contribution in [0.3, 0.4) is 0 Å². The molecule has 3 N–H and O–H groups in total. The van der Waals surface area contributed by atoms with Gasteiger partial charge in [0, 0.05) is 13.0 Å². The van der Waals surface area contributed by atoms with Crippen LogP contribution in [0.1, 0.15) is 194 Å². The molecule has 4 aliphatic carbocycles. The highest BCUT2D eigenvalue weighted by Gasteiger charge is 2.63. The van der Waals surface area contributed by atoms with Crippen LogP contribution in [0.15, 0.2) is 0 Å². The number of aliphatic hydroxyl groups excluding tert-OH is 2. The predicted molar refractivity (Wildman–Crippen MR) is 189 cm³/mol. The Balaban J connectivity index is 1.01. The summed E-state index contributed by atoms with van der Waals surface area (Å²) in [6.45, 7) is 8.03. The minimum Gasteiger partial charge on any atom is -0.393 e. The van der Waals surface area contributed by atoms with Gasteiger partial charge in [0.1, 0.15) is 0 Å². The molecular weight excluding hydrogens is 554 g/mol. The summed E-state index contributed by atoms with van der Waals surface area (Å²) in [5, 5.41) is 25.2. The maximum absolute atomic E-state index is 12.6. The van der Waals surface area contributed by atoms with Crippen LogP contribution in [-0.2, 0) is 4.79 Å². The summed E-state index contributed by atoms with van der Waals surface area (Å²) in [6.07, 6.45) is 33.4. The van der Waals surface area contributed by atoms with Gasteiger partial charge >= 0.3 is 0 Å². The Morgan fingerprint density at radius 1 is 0.689 bits per heavy atom. The molecule has 4 saturated carbocycles. The van der Waals surface area contributed by atoms with Gasteiger partial charge < -0.3 is 15.5 Å². The first-order valence-electron chi connectivity index (χ1n) is 20.4. The third kappa shape index (κ3) is 9.96. The van der Waals surface area contributed by atoms with Crippen molar-refractivity contribution >= 4 is 5.91 Å². The number of aliphatic hydroxyl groups is 2. The maximum atomic E-state index is 12.6. The summed E-state index contributed by atoms with van der Waals surface area (Å²) in [5.74, 6) is 3.39. The predicted octanol–water partition coefficient (Wildman–Crippen LogP) is 10.5. The van der Waals surface area contributed by atoms with Crippen LogP contribution >= 0.6 is 0 Å². The second-order valence-electron chi connectivity index (χ2n) is 17.0. The molecule has 4 heteroatoms. The number of hydrogen-bond acceptors (Lipinski definition) is 3. The van der Waals surface area contributed by atoms with Crippen molar-refractivity contribution in [2.45, 2.75) is 206 Å². The molecule has 0 aromatic carbocycles. The lowest BCUT2D eigenvalue weighted by atomic mass is 9.44. The van der Waals surface area contributed by atoms with Gasteiger partial charge in [0.2, 0.25) is 5.91 Å².